The molecule has 0 atom stereocenters. The summed E-state index contributed by atoms with van der Waals surface area (Å²) in [4.78, 5) is 38.1. The van der Waals surface area contributed by atoms with Crippen LogP contribution in [0.15, 0.2) is 77.3 Å². The van der Waals surface area contributed by atoms with Crippen LogP contribution in [0.2, 0.25) is 0 Å². The largest absolute Gasteiger partial charge is 0.497 e. The van der Waals surface area contributed by atoms with E-state index < -0.39 is 23.5 Å². The first-order valence-electron chi connectivity index (χ1n) is 10.4. The Morgan fingerprint density at radius 1 is 0.971 bits per heavy atom. The zero-order chi connectivity index (χ0) is 24.9. The van der Waals surface area contributed by atoms with E-state index in [2.05, 4.69) is 32.0 Å². The minimum Gasteiger partial charge on any atom is -0.497 e. The van der Waals surface area contributed by atoms with E-state index in [4.69, 9.17) is 4.74 Å². The predicted octanol–water partition coefficient (Wildman–Crippen LogP) is 4.19. The number of carbonyl (C=O) groups excluding carboxylic acids is 3. The lowest BCUT2D eigenvalue weighted by Gasteiger charge is -2.13. The van der Waals surface area contributed by atoms with Crippen molar-refractivity contribution in [1.29, 1.82) is 0 Å². The van der Waals surface area contributed by atoms with Crippen molar-refractivity contribution < 1.29 is 23.5 Å². The molecule has 0 fully saturated rings. The van der Waals surface area contributed by atoms with Gasteiger partial charge in [0, 0.05) is 16.4 Å². The van der Waals surface area contributed by atoms with E-state index in [0.29, 0.717) is 16.7 Å². The third-order valence-electron chi connectivity index (χ3n) is 5.15. The number of anilines is 1. The summed E-state index contributed by atoms with van der Waals surface area (Å²) >= 11 is 3.37. The number of hydrogen-bond acceptors (Lipinski definition) is 4. The first-order valence-corrected chi connectivity index (χ1v) is 11.2. The van der Waals surface area contributed by atoms with Crippen LogP contribution in [0.3, 0.4) is 0 Å². The van der Waals surface area contributed by atoms with Gasteiger partial charge in [0.25, 0.3) is 5.91 Å². The lowest BCUT2D eigenvalue weighted by Crippen LogP contribution is -2.39. The summed E-state index contributed by atoms with van der Waals surface area (Å²) < 4.78 is 21.1. The second kappa shape index (κ2) is 10.4. The number of halogens is 2. The fourth-order valence-electron chi connectivity index (χ4n) is 3.38. The van der Waals surface area contributed by atoms with Crippen LogP contribution < -0.4 is 20.8 Å². The Hall–Kier alpha value is -4.18. The fraction of sp³-hybridized carbons (Fsp3) is 0.0800. The normalized spacial score (nSPS) is 10.6. The number of fused-ring (bicyclic) bond motifs is 1. The van der Waals surface area contributed by atoms with Gasteiger partial charge in [-0.25, -0.2) is 9.07 Å². The van der Waals surface area contributed by atoms with E-state index in [1.54, 1.807) is 55.6 Å². The van der Waals surface area contributed by atoms with E-state index in [1.807, 2.05) is 0 Å². The van der Waals surface area contributed by atoms with Crippen LogP contribution in [0.5, 0.6) is 5.75 Å². The average molecular weight is 539 g/mol. The van der Waals surface area contributed by atoms with Crippen LogP contribution in [0, 0.1) is 5.82 Å². The van der Waals surface area contributed by atoms with Crippen LogP contribution >= 0.6 is 15.9 Å². The lowest BCUT2D eigenvalue weighted by molar-refractivity contribution is -0.136. The molecule has 3 amide bonds. The minimum absolute atomic E-state index is 0.0117. The molecule has 10 heteroatoms. The van der Waals surface area contributed by atoms with Crippen molar-refractivity contribution in [3.8, 4) is 5.75 Å². The Bertz CT molecular complexity index is 1420. The zero-order valence-electron chi connectivity index (χ0n) is 18.5. The van der Waals surface area contributed by atoms with Gasteiger partial charge in [-0.3, -0.25) is 19.8 Å². The van der Waals surface area contributed by atoms with Gasteiger partial charge in [-0.1, -0.05) is 40.2 Å². The zero-order valence-corrected chi connectivity index (χ0v) is 20.1. The Morgan fingerprint density at radius 3 is 2.43 bits per heavy atom. The Morgan fingerprint density at radius 2 is 1.71 bits per heavy atom. The number of nitrogens with one attached hydrogen (secondary N) is 3. The highest BCUT2D eigenvalue weighted by Gasteiger charge is 2.21. The molecular weight excluding hydrogens is 519 g/mol. The summed E-state index contributed by atoms with van der Waals surface area (Å²) in [5, 5.41) is 5.65. The standard InChI is InChI=1S/C25H20BrFN4O4/c1-35-18-9-6-15(7-10-18)14-28-24(33)25(34)30-31-21-11-8-17(26)12-16(21)13-22(31)23(32)29-20-5-3-2-4-19(20)27/h2-13H,14H2,1H3,(H,28,33)(H,29,32)(H,30,34). The van der Waals surface area contributed by atoms with Crippen molar-refractivity contribution in [1.82, 2.24) is 9.99 Å². The molecule has 0 saturated heterocycles. The molecular formula is C25H20BrFN4O4. The number of benzene rings is 3. The second-order valence-electron chi connectivity index (χ2n) is 7.47. The summed E-state index contributed by atoms with van der Waals surface area (Å²) in [6, 6.07) is 19.4. The maximum Gasteiger partial charge on any atom is 0.328 e. The highest BCUT2D eigenvalue weighted by atomic mass is 79.9. The molecule has 0 aliphatic carbocycles. The van der Waals surface area contributed by atoms with E-state index in [9.17, 15) is 18.8 Å². The van der Waals surface area contributed by atoms with E-state index >= 15 is 0 Å². The fourth-order valence-corrected chi connectivity index (χ4v) is 3.76. The van der Waals surface area contributed by atoms with Crippen molar-refractivity contribution >= 4 is 50.2 Å². The molecule has 4 aromatic rings. The van der Waals surface area contributed by atoms with Crippen LogP contribution in [0.1, 0.15) is 16.1 Å². The van der Waals surface area contributed by atoms with Crippen LogP contribution in [-0.4, -0.2) is 29.5 Å². The van der Waals surface area contributed by atoms with Gasteiger partial charge in [-0.2, -0.15) is 0 Å². The number of hydrogen-bond donors (Lipinski definition) is 3. The van der Waals surface area contributed by atoms with E-state index in [1.165, 1.54) is 28.9 Å². The summed E-state index contributed by atoms with van der Waals surface area (Å²) in [6.07, 6.45) is 0. The SMILES string of the molecule is COc1ccc(CNC(=O)C(=O)Nn2c(C(=O)Nc3ccccc3F)cc3cc(Br)ccc32)cc1. The van der Waals surface area contributed by atoms with Crippen LogP contribution in [-0.2, 0) is 16.1 Å². The maximum atomic E-state index is 14.0. The van der Waals surface area contributed by atoms with Gasteiger partial charge in [-0.15, -0.1) is 0 Å². The number of methoxy groups -OCH3 is 1. The highest BCUT2D eigenvalue weighted by Crippen LogP contribution is 2.24. The molecule has 0 unspecified atom stereocenters. The number of para-hydroxylation sites is 1. The summed E-state index contributed by atoms with van der Waals surface area (Å²) in [5.74, 6) is -2.46. The number of rotatable bonds is 6. The van der Waals surface area contributed by atoms with Crippen LogP contribution in [0.25, 0.3) is 10.9 Å². The second-order valence-corrected chi connectivity index (χ2v) is 8.39. The molecule has 0 saturated carbocycles. The molecule has 0 aliphatic rings. The van der Waals surface area contributed by atoms with Crippen molar-refractivity contribution in [3.63, 3.8) is 0 Å². The number of nitrogens with zero attached hydrogens (tertiary/aromatic N) is 1. The van der Waals surface area contributed by atoms with Gasteiger partial charge in [0.05, 0.1) is 18.3 Å². The number of amides is 3. The van der Waals surface area contributed by atoms with Gasteiger partial charge in [0.1, 0.15) is 17.3 Å². The smallest absolute Gasteiger partial charge is 0.328 e. The molecule has 35 heavy (non-hydrogen) atoms. The van der Waals surface area contributed by atoms with Gasteiger partial charge >= 0.3 is 11.8 Å². The summed E-state index contributed by atoms with van der Waals surface area (Å²) in [6.45, 7) is 0.121. The number of carbonyl (C=O) groups is 3. The molecule has 8 nitrogen and oxygen atoms in total. The quantitative estimate of drug-likeness (QED) is 0.320. The molecule has 0 aliphatic heterocycles. The highest BCUT2D eigenvalue weighted by molar-refractivity contribution is 9.10. The van der Waals surface area contributed by atoms with Gasteiger partial charge in [-0.05, 0) is 54.1 Å². The first kappa shape index (κ1) is 24.0. The van der Waals surface area contributed by atoms with Crippen molar-refractivity contribution in [2.24, 2.45) is 0 Å². The molecule has 1 aromatic heterocycles. The molecule has 1 heterocycles. The molecule has 3 aromatic carbocycles. The van der Waals surface area contributed by atoms with Gasteiger partial charge in [0.2, 0.25) is 0 Å². The van der Waals surface area contributed by atoms with Crippen molar-refractivity contribution in [2.75, 3.05) is 17.9 Å². The van der Waals surface area contributed by atoms with E-state index in [0.717, 1.165) is 10.0 Å². The molecule has 178 valence electrons. The summed E-state index contributed by atoms with van der Waals surface area (Å²) in [5.41, 5.74) is 3.71. The van der Waals surface area contributed by atoms with Crippen molar-refractivity contribution in [2.45, 2.75) is 6.54 Å². The van der Waals surface area contributed by atoms with Crippen molar-refractivity contribution in [3.05, 3.63) is 94.3 Å². The lowest BCUT2D eigenvalue weighted by atomic mass is 10.2. The van der Waals surface area contributed by atoms with Gasteiger partial charge < -0.3 is 15.4 Å². The third kappa shape index (κ3) is 5.49. The third-order valence-corrected chi connectivity index (χ3v) is 5.64. The first-order chi connectivity index (χ1) is 16.9. The minimum atomic E-state index is -0.973. The Kier molecular flexibility index (Phi) is 7.11. The average Bonchev–Trinajstić information content (AvgIpc) is 3.21. The number of aromatic nitrogens is 1. The van der Waals surface area contributed by atoms with Gasteiger partial charge in [0.15, 0.2) is 0 Å². The molecule has 4 rings (SSSR count). The monoisotopic (exact) mass is 538 g/mol. The molecule has 0 radical (unpaired) electrons. The number of ether oxygens (including phenoxy) is 1. The molecule has 3 N–H and O–H groups in total. The van der Waals surface area contributed by atoms with E-state index in [-0.39, 0.29) is 17.9 Å². The molecule has 0 spiro atoms. The maximum absolute atomic E-state index is 14.0. The Balaban J connectivity index is 1.54. The predicted molar refractivity (Wildman–Crippen MR) is 133 cm³/mol. The molecule has 0 bridgehead atoms. The topological polar surface area (TPSA) is 101 Å². The van der Waals surface area contributed by atoms with Crippen LogP contribution in [0.4, 0.5) is 10.1 Å². The summed E-state index contributed by atoms with van der Waals surface area (Å²) in [7, 11) is 1.55. The Labute approximate surface area is 208 Å².